The Labute approximate surface area is 233 Å². The summed E-state index contributed by atoms with van der Waals surface area (Å²) in [5.41, 5.74) is 0.576. The number of ether oxygens (including phenoxy) is 4. The zero-order chi connectivity index (χ0) is 30.3. The molecule has 0 radical (unpaired) electrons. The summed E-state index contributed by atoms with van der Waals surface area (Å²) < 4.78 is 19.7. The van der Waals surface area contributed by atoms with E-state index in [0.717, 1.165) is 5.75 Å². The van der Waals surface area contributed by atoms with Crippen LogP contribution < -0.4 is 20.7 Å². The van der Waals surface area contributed by atoms with Gasteiger partial charge in [0.25, 0.3) is 0 Å². The molecule has 11 nitrogen and oxygen atoms in total. The average Bonchev–Trinajstić information content (AvgIpc) is 2.90. The van der Waals surface area contributed by atoms with Crippen molar-refractivity contribution in [2.45, 2.75) is 66.5 Å². The first-order valence-electron chi connectivity index (χ1n) is 12.9. The number of nitrogens with one attached hydrogen (secondary N) is 3. The largest absolute Gasteiger partial charge is 0.490 e. The lowest BCUT2D eigenvalue weighted by molar-refractivity contribution is -0.141. The van der Waals surface area contributed by atoms with E-state index < -0.39 is 35.5 Å². The first-order chi connectivity index (χ1) is 18.4. The van der Waals surface area contributed by atoms with Crippen molar-refractivity contribution in [2.75, 3.05) is 40.5 Å². The second kappa shape index (κ2) is 22.4. The normalized spacial score (nSPS) is 11.0. The molecule has 0 aliphatic rings. The molecule has 1 aromatic rings. The van der Waals surface area contributed by atoms with Gasteiger partial charge in [-0.05, 0) is 52.3 Å². The standard InChI is InChI=1S/C14H25N3O6.C12H16O2.C2H6/c1-6-9(12(20)15-8-11(19)22-5)17-10(18)7-16-13(21)23-14(2,3)4;1-11-5-7-12(8-6-11)14-10-4-3-9-13-2;1-2/h9H,6-8H2,1-5H3,(H,15,20)(H,16,21)(H,17,18);3-8H,9-10H2,1-2H3;1-2H3/b;4-3-;/t9-;;/m0../s1. The summed E-state index contributed by atoms with van der Waals surface area (Å²) >= 11 is 0. The first-order valence-corrected chi connectivity index (χ1v) is 12.9. The number of rotatable bonds is 12. The summed E-state index contributed by atoms with van der Waals surface area (Å²) in [6.07, 6.45) is 3.48. The molecule has 11 heteroatoms. The number of hydrogen-bond acceptors (Lipinski definition) is 8. The summed E-state index contributed by atoms with van der Waals surface area (Å²) in [6, 6.07) is 7.20. The summed E-state index contributed by atoms with van der Waals surface area (Å²) in [6.45, 7) is 13.5. The number of amides is 3. The molecule has 0 bridgehead atoms. The molecule has 3 N–H and O–H groups in total. The van der Waals surface area contributed by atoms with E-state index >= 15 is 0 Å². The molecule has 0 aliphatic heterocycles. The Bertz CT molecular complexity index is 865. The highest BCUT2D eigenvalue weighted by atomic mass is 16.6. The number of methoxy groups -OCH3 is 2. The number of esters is 1. The predicted molar refractivity (Wildman–Crippen MR) is 151 cm³/mol. The quantitative estimate of drug-likeness (QED) is 0.264. The van der Waals surface area contributed by atoms with Crippen LogP contribution >= 0.6 is 0 Å². The minimum Gasteiger partial charge on any atom is -0.490 e. The minimum atomic E-state index is -0.812. The van der Waals surface area contributed by atoms with Crippen LogP contribution in [0.25, 0.3) is 0 Å². The van der Waals surface area contributed by atoms with E-state index in [2.05, 4.69) is 27.6 Å². The smallest absolute Gasteiger partial charge is 0.408 e. The summed E-state index contributed by atoms with van der Waals surface area (Å²) in [4.78, 5) is 45.9. The van der Waals surface area contributed by atoms with E-state index in [-0.39, 0.29) is 13.1 Å². The van der Waals surface area contributed by atoms with Crippen LogP contribution in [0.2, 0.25) is 0 Å². The van der Waals surface area contributed by atoms with Gasteiger partial charge in [-0.15, -0.1) is 0 Å². The van der Waals surface area contributed by atoms with E-state index in [0.29, 0.717) is 19.6 Å². The van der Waals surface area contributed by atoms with E-state index in [1.165, 1.54) is 12.7 Å². The van der Waals surface area contributed by atoms with Crippen LogP contribution in [0.5, 0.6) is 5.75 Å². The lowest BCUT2D eigenvalue weighted by Gasteiger charge is -2.20. The number of alkyl carbamates (subject to hydrolysis) is 1. The number of carbonyl (C=O) groups excluding carboxylic acids is 4. The fourth-order valence-corrected chi connectivity index (χ4v) is 2.43. The maximum Gasteiger partial charge on any atom is 0.408 e. The summed E-state index contributed by atoms with van der Waals surface area (Å²) in [5.74, 6) is -0.747. The minimum absolute atomic E-state index is 0.280. The van der Waals surface area contributed by atoms with Crippen molar-refractivity contribution in [1.29, 1.82) is 0 Å². The molecule has 0 aliphatic carbocycles. The molecular formula is C28H47N3O8. The molecule has 0 spiro atoms. The highest BCUT2D eigenvalue weighted by Crippen LogP contribution is 2.11. The van der Waals surface area contributed by atoms with E-state index in [1.54, 1.807) is 34.8 Å². The lowest BCUT2D eigenvalue weighted by atomic mass is 10.2. The number of aryl methyl sites for hydroxylation is 1. The zero-order valence-corrected chi connectivity index (χ0v) is 24.8. The summed E-state index contributed by atoms with van der Waals surface area (Å²) in [7, 11) is 2.88. The topological polar surface area (TPSA) is 141 Å². The van der Waals surface area contributed by atoms with Crippen molar-refractivity contribution in [3.63, 3.8) is 0 Å². The molecule has 1 rings (SSSR count). The number of hydrogen-bond donors (Lipinski definition) is 3. The summed E-state index contributed by atoms with van der Waals surface area (Å²) in [5, 5.41) is 7.09. The Morgan fingerprint density at radius 3 is 2.03 bits per heavy atom. The van der Waals surface area contributed by atoms with Gasteiger partial charge in [0.2, 0.25) is 11.8 Å². The van der Waals surface area contributed by atoms with E-state index in [9.17, 15) is 19.2 Å². The molecule has 0 unspecified atom stereocenters. The Morgan fingerprint density at radius 1 is 0.923 bits per heavy atom. The second-order valence-corrected chi connectivity index (χ2v) is 8.73. The van der Waals surface area contributed by atoms with Crippen LogP contribution in [0.1, 0.15) is 53.5 Å². The van der Waals surface area contributed by atoms with Gasteiger partial charge >= 0.3 is 12.1 Å². The predicted octanol–water partition coefficient (Wildman–Crippen LogP) is 3.30. The van der Waals surface area contributed by atoms with Crippen LogP contribution in [0.3, 0.4) is 0 Å². The highest BCUT2D eigenvalue weighted by Gasteiger charge is 2.21. The fourth-order valence-electron chi connectivity index (χ4n) is 2.43. The zero-order valence-electron chi connectivity index (χ0n) is 24.8. The van der Waals surface area contributed by atoms with E-state index in [1.807, 2.05) is 50.3 Å². The van der Waals surface area contributed by atoms with Gasteiger partial charge in [0.15, 0.2) is 0 Å². The third kappa shape index (κ3) is 22.1. The maximum absolute atomic E-state index is 11.8. The molecule has 0 aromatic heterocycles. The van der Waals surface area contributed by atoms with Gasteiger partial charge in [-0.1, -0.05) is 44.5 Å². The molecular weight excluding hydrogens is 506 g/mol. The number of carbonyl (C=O) groups is 4. The van der Waals surface area contributed by atoms with E-state index in [4.69, 9.17) is 14.2 Å². The molecule has 3 amide bonds. The average molecular weight is 554 g/mol. The number of benzene rings is 1. The van der Waals surface area contributed by atoms with Crippen molar-refractivity contribution < 1.29 is 38.1 Å². The first kappa shape index (κ1) is 37.6. The van der Waals surface area contributed by atoms with Crippen molar-refractivity contribution in [3.05, 3.63) is 42.0 Å². The Kier molecular flexibility index (Phi) is 21.6. The molecule has 0 saturated heterocycles. The molecule has 1 aromatic carbocycles. The Hall–Kier alpha value is -3.60. The third-order valence-corrected chi connectivity index (χ3v) is 4.28. The monoisotopic (exact) mass is 553 g/mol. The Balaban J connectivity index is 0. The lowest BCUT2D eigenvalue weighted by Crippen LogP contribution is -2.50. The van der Waals surface area contributed by atoms with Gasteiger partial charge in [-0.2, -0.15) is 0 Å². The van der Waals surface area contributed by atoms with Crippen molar-refractivity contribution in [1.82, 2.24) is 16.0 Å². The highest BCUT2D eigenvalue weighted by molar-refractivity contribution is 5.90. The fraction of sp³-hybridized carbons (Fsp3) is 0.571. The van der Waals surface area contributed by atoms with Crippen LogP contribution in [0.4, 0.5) is 4.79 Å². The molecule has 0 heterocycles. The third-order valence-electron chi connectivity index (χ3n) is 4.28. The van der Waals surface area contributed by atoms with Crippen LogP contribution in [-0.2, 0) is 28.6 Å². The van der Waals surface area contributed by atoms with Gasteiger partial charge in [-0.25, -0.2) is 4.79 Å². The van der Waals surface area contributed by atoms with Gasteiger partial charge in [0, 0.05) is 7.11 Å². The maximum atomic E-state index is 11.8. The molecule has 1 atom stereocenters. The molecule has 222 valence electrons. The van der Waals surface area contributed by atoms with Crippen LogP contribution in [0, 0.1) is 6.92 Å². The van der Waals surface area contributed by atoms with Crippen LogP contribution in [-0.4, -0.2) is 76.0 Å². The molecule has 39 heavy (non-hydrogen) atoms. The second-order valence-electron chi connectivity index (χ2n) is 8.73. The van der Waals surface area contributed by atoms with Crippen molar-refractivity contribution in [2.24, 2.45) is 0 Å². The van der Waals surface area contributed by atoms with Gasteiger partial charge in [0.1, 0.15) is 37.1 Å². The van der Waals surface area contributed by atoms with Crippen LogP contribution in [0.15, 0.2) is 36.4 Å². The SMILES string of the molecule is CC.CC[C@H](NC(=O)CNC(=O)OC(C)(C)C)C(=O)NCC(=O)OC.COC/C=C\COc1ccc(C)cc1. The van der Waals surface area contributed by atoms with Gasteiger partial charge < -0.3 is 34.9 Å². The van der Waals surface area contributed by atoms with Crippen molar-refractivity contribution >= 4 is 23.9 Å². The van der Waals surface area contributed by atoms with Gasteiger partial charge in [-0.3, -0.25) is 14.4 Å². The molecule has 0 saturated carbocycles. The van der Waals surface area contributed by atoms with Gasteiger partial charge in [0.05, 0.1) is 13.7 Å². The van der Waals surface area contributed by atoms with Crippen molar-refractivity contribution in [3.8, 4) is 5.75 Å². The molecule has 0 fully saturated rings. The Morgan fingerprint density at radius 2 is 1.51 bits per heavy atom.